The zero-order valence-corrected chi connectivity index (χ0v) is 19.4. The van der Waals surface area contributed by atoms with Crippen LogP contribution in [0.2, 0.25) is 0 Å². The summed E-state index contributed by atoms with van der Waals surface area (Å²) in [5.74, 6) is -2.38. The first-order chi connectivity index (χ1) is 15.8. The molecule has 0 aliphatic carbocycles. The van der Waals surface area contributed by atoms with Gasteiger partial charge in [0, 0.05) is 24.2 Å². The quantitative estimate of drug-likeness (QED) is 0.524. The number of Topliss-reactive ketones (excluding diaryl/α,β-unsaturated/α-hetero) is 1. The second kappa shape index (κ2) is 9.25. The molecule has 2 heterocycles. The van der Waals surface area contributed by atoms with E-state index in [0.29, 0.717) is 22.1 Å². The minimum atomic E-state index is -1.02. The van der Waals surface area contributed by atoms with Crippen molar-refractivity contribution in [3.8, 4) is 10.6 Å². The van der Waals surface area contributed by atoms with Crippen LogP contribution in [0.4, 0.5) is 4.39 Å². The van der Waals surface area contributed by atoms with Gasteiger partial charge in [-0.05, 0) is 27.1 Å². The molecule has 3 aromatic rings. The smallest absolute Gasteiger partial charge is 0.290 e. The number of carbonyl (C=O) groups excluding carboxylic acids is 2. The van der Waals surface area contributed by atoms with Crippen molar-refractivity contribution in [2.75, 3.05) is 27.2 Å². The van der Waals surface area contributed by atoms with Gasteiger partial charge < -0.3 is 14.9 Å². The van der Waals surface area contributed by atoms with Crippen LogP contribution in [0.3, 0.4) is 0 Å². The van der Waals surface area contributed by atoms with Gasteiger partial charge in [0.1, 0.15) is 10.8 Å². The molecule has 6 nitrogen and oxygen atoms in total. The molecule has 170 valence electrons. The van der Waals surface area contributed by atoms with Gasteiger partial charge in [-0.3, -0.25) is 9.59 Å². The number of thiazole rings is 1. The molecule has 0 radical (unpaired) electrons. The number of ketones is 1. The Morgan fingerprint density at radius 2 is 1.82 bits per heavy atom. The number of rotatable bonds is 7. The van der Waals surface area contributed by atoms with Gasteiger partial charge in [0.25, 0.3) is 5.91 Å². The van der Waals surface area contributed by atoms with Crippen molar-refractivity contribution in [1.82, 2.24) is 14.8 Å². The van der Waals surface area contributed by atoms with Crippen LogP contribution in [0, 0.1) is 12.7 Å². The van der Waals surface area contributed by atoms with Crippen molar-refractivity contribution in [3.63, 3.8) is 0 Å². The normalized spacial score (nSPS) is 16.2. The topological polar surface area (TPSA) is 73.7 Å². The molecular formula is C25H24FN3O3S. The Kier molecular flexibility index (Phi) is 6.40. The van der Waals surface area contributed by atoms with E-state index in [1.807, 2.05) is 49.3 Å². The van der Waals surface area contributed by atoms with Crippen molar-refractivity contribution in [1.29, 1.82) is 0 Å². The largest absolute Gasteiger partial charge is 0.503 e. The summed E-state index contributed by atoms with van der Waals surface area (Å²) in [6.45, 7) is 2.43. The van der Waals surface area contributed by atoms with E-state index < -0.39 is 29.3 Å². The van der Waals surface area contributed by atoms with Gasteiger partial charge in [-0.25, -0.2) is 9.37 Å². The highest BCUT2D eigenvalue weighted by molar-refractivity contribution is 7.17. The van der Waals surface area contributed by atoms with Crippen molar-refractivity contribution >= 4 is 23.0 Å². The number of hydrogen-bond acceptors (Lipinski definition) is 6. The number of aromatic nitrogens is 1. The highest BCUT2D eigenvalue weighted by Crippen LogP contribution is 2.41. The summed E-state index contributed by atoms with van der Waals surface area (Å²) in [7, 11) is 3.70. The SMILES string of the molecule is Cc1nc(-c2ccccc2)sc1C(=O)C1=C(O)C(=O)N(CCN(C)C)C1c1ccccc1F. The molecule has 1 aliphatic rings. The molecule has 0 spiro atoms. The molecule has 2 aromatic carbocycles. The third-order valence-corrected chi connectivity index (χ3v) is 6.77. The second-order valence-corrected chi connectivity index (χ2v) is 9.12. The standard InChI is InChI=1S/C25H24FN3O3S/c1-15-23(33-24(27-15)16-9-5-4-6-10-16)21(30)19-20(17-11-7-8-12-18(17)26)29(14-13-28(2)3)25(32)22(19)31/h4-12,20,31H,13-14H2,1-3H3. The maximum atomic E-state index is 14.8. The fourth-order valence-electron chi connectivity index (χ4n) is 3.88. The number of carbonyl (C=O) groups is 2. The van der Waals surface area contributed by atoms with Crippen molar-refractivity contribution < 1.29 is 19.1 Å². The average molecular weight is 466 g/mol. The van der Waals surface area contributed by atoms with Gasteiger partial charge in [-0.15, -0.1) is 11.3 Å². The monoisotopic (exact) mass is 465 g/mol. The predicted molar refractivity (Wildman–Crippen MR) is 126 cm³/mol. The van der Waals surface area contributed by atoms with E-state index >= 15 is 0 Å². The summed E-state index contributed by atoms with van der Waals surface area (Å²) in [6, 6.07) is 14.4. The first-order valence-electron chi connectivity index (χ1n) is 10.5. The molecule has 0 saturated heterocycles. The summed E-state index contributed by atoms with van der Waals surface area (Å²) in [6.07, 6.45) is 0. The summed E-state index contributed by atoms with van der Waals surface area (Å²) in [5.41, 5.74) is 1.41. The number of benzene rings is 2. The van der Waals surface area contributed by atoms with E-state index in [-0.39, 0.29) is 17.7 Å². The number of hydrogen-bond donors (Lipinski definition) is 1. The lowest BCUT2D eigenvalue weighted by Crippen LogP contribution is -2.37. The van der Waals surface area contributed by atoms with E-state index in [1.165, 1.54) is 28.4 Å². The minimum absolute atomic E-state index is 0.116. The Morgan fingerprint density at radius 3 is 2.48 bits per heavy atom. The Bertz CT molecular complexity index is 1240. The second-order valence-electron chi connectivity index (χ2n) is 8.12. The van der Waals surface area contributed by atoms with E-state index in [1.54, 1.807) is 19.1 Å². The van der Waals surface area contributed by atoms with Crippen LogP contribution in [-0.4, -0.2) is 58.8 Å². The minimum Gasteiger partial charge on any atom is -0.503 e. The van der Waals surface area contributed by atoms with Crippen LogP contribution in [0.15, 0.2) is 65.9 Å². The van der Waals surface area contributed by atoms with Gasteiger partial charge in [0.15, 0.2) is 5.76 Å². The van der Waals surface area contributed by atoms with Gasteiger partial charge >= 0.3 is 0 Å². The maximum absolute atomic E-state index is 14.8. The predicted octanol–water partition coefficient (Wildman–Crippen LogP) is 4.40. The lowest BCUT2D eigenvalue weighted by molar-refractivity contribution is -0.129. The Morgan fingerprint density at radius 1 is 1.15 bits per heavy atom. The highest BCUT2D eigenvalue weighted by Gasteiger charge is 2.45. The number of likely N-dealkylation sites (N-methyl/N-ethyl adjacent to an activating group) is 1. The molecule has 1 atom stereocenters. The zero-order valence-electron chi connectivity index (χ0n) is 18.6. The van der Waals surface area contributed by atoms with Crippen molar-refractivity contribution in [3.05, 3.63) is 87.9 Å². The Hall–Kier alpha value is -3.36. The van der Waals surface area contributed by atoms with Crippen LogP contribution < -0.4 is 0 Å². The van der Waals surface area contributed by atoms with Crippen LogP contribution in [0.1, 0.15) is 27.0 Å². The van der Waals surface area contributed by atoms with Crippen molar-refractivity contribution in [2.24, 2.45) is 0 Å². The fraction of sp³-hybridized carbons (Fsp3) is 0.240. The molecule has 1 N–H and O–H groups in total. The molecule has 0 saturated carbocycles. The van der Waals surface area contributed by atoms with E-state index in [4.69, 9.17) is 0 Å². The van der Waals surface area contributed by atoms with E-state index in [2.05, 4.69) is 4.98 Å². The van der Waals surface area contributed by atoms with Gasteiger partial charge in [-0.1, -0.05) is 48.5 Å². The third kappa shape index (κ3) is 4.31. The lowest BCUT2D eigenvalue weighted by Gasteiger charge is -2.28. The third-order valence-electron chi connectivity index (χ3n) is 5.56. The lowest BCUT2D eigenvalue weighted by atomic mass is 9.94. The number of aliphatic hydroxyl groups is 1. The molecule has 1 aromatic heterocycles. The number of halogens is 1. The van der Waals surface area contributed by atoms with Crippen LogP contribution in [-0.2, 0) is 4.79 Å². The molecular weight excluding hydrogens is 441 g/mol. The van der Waals surface area contributed by atoms with Crippen LogP contribution >= 0.6 is 11.3 Å². The van der Waals surface area contributed by atoms with E-state index in [0.717, 1.165) is 5.56 Å². The summed E-state index contributed by atoms with van der Waals surface area (Å²) in [4.78, 5) is 34.7. The van der Waals surface area contributed by atoms with Gasteiger partial charge in [-0.2, -0.15) is 0 Å². The molecule has 1 amide bonds. The Balaban J connectivity index is 1.79. The maximum Gasteiger partial charge on any atom is 0.290 e. The summed E-state index contributed by atoms with van der Waals surface area (Å²) < 4.78 is 14.8. The molecule has 1 aliphatic heterocycles. The molecule has 0 bridgehead atoms. The zero-order chi connectivity index (χ0) is 23.7. The number of amides is 1. The van der Waals surface area contributed by atoms with Gasteiger partial charge in [0.05, 0.1) is 22.2 Å². The highest BCUT2D eigenvalue weighted by atomic mass is 32.1. The molecule has 4 rings (SSSR count). The average Bonchev–Trinajstić information content (AvgIpc) is 3.30. The fourth-order valence-corrected chi connectivity index (χ4v) is 4.90. The number of nitrogens with zero attached hydrogens (tertiary/aromatic N) is 3. The number of aryl methyl sites for hydroxylation is 1. The van der Waals surface area contributed by atoms with E-state index in [9.17, 15) is 19.1 Å². The number of aliphatic hydroxyl groups excluding tert-OH is 1. The van der Waals surface area contributed by atoms with Crippen LogP contribution in [0.5, 0.6) is 0 Å². The summed E-state index contributed by atoms with van der Waals surface area (Å²) in [5, 5.41) is 11.4. The first-order valence-corrected chi connectivity index (χ1v) is 11.3. The molecule has 0 fully saturated rings. The van der Waals surface area contributed by atoms with Crippen molar-refractivity contribution in [2.45, 2.75) is 13.0 Å². The first kappa shape index (κ1) is 22.8. The molecule has 8 heteroatoms. The Labute approximate surface area is 195 Å². The molecule has 1 unspecified atom stereocenters. The molecule has 33 heavy (non-hydrogen) atoms. The van der Waals surface area contributed by atoms with Crippen LogP contribution in [0.25, 0.3) is 10.6 Å². The van der Waals surface area contributed by atoms with Gasteiger partial charge in [0.2, 0.25) is 5.78 Å². The summed E-state index contributed by atoms with van der Waals surface area (Å²) >= 11 is 1.19.